The van der Waals surface area contributed by atoms with Gasteiger partial charge in [0.2, 0.25) is 17.6 Å². The first-order chi connectivity index (χ1) is 16.8. The van der Waals surface area contributed by atoms with Crippen LogP contribution in [0.5, 0.6) is 0 Å². The summed E-state index contributed by atoms with van der Waals surface area (Å²) in [6.07, 6.45) is -4.29. The van der Waals surface area contributed by atoms with Crippen LogP contribution in [0.1, 0.15) is 30.1 Å². The Morgan fingerprint density at radius 3 is 2.57 bits per heavy atom. The molecular formula is C24H22F3N5O3. The first kappa shape index (κ1) is 23.0. The number of carbonyl (C=O) groups excluding carboxylic acids is 1. The molecule has 1 saturated heterocycles. The molecule has 0 radical (unpaired) electrons. The van der Waals surface area contributed by atoms with Crippen LogP contribution in [0.4, 0.5) is 13.2 Å². The summed E-state index contributed by atoms with van der Waals surface area (Å²) in [5.74, 6) is 0.388. The zero-order valence-corrected chi connectivity index (χ0v) is 18.8. The van der Waals surface area contributed by atoms with Crippen LogP contribution in [0.3, 0.4) is 0 Å². The Morgan fingerprint density at radius 1 is 1.03 bits per heavy atom. The normalized spacial score (nSPS) is 16.1. The smallest absolute Gasteiger partial charge is 0.356 e. The molecule has 0 bridgehead atoms. The molecular weight excluding hydrogens is 463 g/mol. The van der Waals surface area contributed by atoms with Crippen molar-refractivity contribution < 1.29 is 27.0 Å². The van der Waals surface area contributed by atoms with Crippen molar-refractivity contribution in [3.8, 4) is 11.4 Å². The molecule has 1 atom stereocenters. The van der Waals surface area contributed by atoms with E-state index in [1.165, 1.54) is 12.1 Å². The lowest BCUT2D eigenvalue weighted by Gasteiger charge is -2.36. The summed E-state index contributed by atoms with van der Waals surface area (Å²) < 4.78 is 49.7. The first-order valence-corrected chi connectivity index (χ1v) is 11.2. The number of aromatic nitrogens is 3. The number of fused-ring (bicyclic) bond motifs is 1. The molecule has 4 aromatic rings. The number of amides is 1. The third-order valence-electron chi connectivity index (χ3n) is 6.23. The maximum Gasteiger partial charge on any atom is 0.416 e. The maximum atomic E-state index is 13.0. The number of halogens is 3. The van der Waals surface area contributed by atoms with Crippen molar-refractivity contribution >= 4 is 16.9 Å². The minimum atomic E-state index is -4.45. The highest BCUT2D eigenvalue weighted by molar-refractivity contribution is 5.86. The van der Waals surface area contributed by atoms with E-state index in [1.54, 1.807) is 4.90 Å². The van der Waals surface area contributed by atoms with Crippen molar-refractivity contribution in [2.75, 3.05) is 26.2 Å². The van der Waals surface area contributed by atoms with Crippen molar-refractivity contribution in [3.63, 3.8) is 0 Å². The number of para-hydroxylation sites is 1. The molecule has 0 unspecified atom stereocenters. The van der Waals surface area contributed by atoms with E-state index in [4.69, 9.17) is 9.05 Å². The number of alkyl halides is 3. The lowest BCUT2D eigenvalue weighted by Crippen LogP contribution is -2.49. The van der Waals surface area contributed by atoms with E-state index >= 15 is 0 Å². The van der Waals surface area contributed by atoms with Gasteiger partial charge in [-0.1, -0.05) is 34.6 Å². The van der Waals surface area contributed by atoms with Crippen LogP contribution < -0.4 is 0 Å². The van der Waals surface area contributed by atoms with Gasteiger partial charge in [0.25, 0.3) is 0 Å². The van der Waals surface area contributed by atoms with Gasteiger partial charge in [0.05, 0.1) is 18.0 Å². The summed E-state index contributed by atoms with van der Waals surface area (Å²) in [4.78, 5) is 21.0. The molecule has 0 spiro atoms. The third kappa shape index (κ3) is 4.76. The van der Waals surface area contributed by atoms with E-state index in [1.807, 2.05) is 31.2 Å². The van der Waals surface area contributed by atoms with Crippen LogP contribution in [-0.4, -0.2) is 57.2 Å². The molecule has 0 N–H and O–H groups in total. The van der Waals surface area contributed by atoms with E-state index in [-0.39, 0.29) is 29.8 Å². The Balaban J connectivity index is 1.20. The lowest BCUT2D eigenvalue weighted by atomic mass is 10.1. The van der Waals surface area contributed by atoms with Gasteiger partial charge in [-0.05, 0) is 31.2 Å². The average Bonchev–Trinajstić information content (AvgIpc) is 3.51. The molecule has 182 valence electrons. The summed E-state index contributed by atoms with van der Waals surface area (Å²) >= 11 is 0. The highest BCUT2D eigenvalue weighted by Crippen LogP contribution is 2.32. The Morgan fingerprint density at radius 2 is 1.80 bits per heavy atom. The molecule has 5 rings (SSSR count). The van der Waals surface area contributed by atoms with Crippen LogP contribution in [-0.2, 0) is 17.4 Å². The minimum Gasteiger partial charge on any atom is -0.356 e. The van der Waals surface area contributed by atoms with Crippen LogP contribution in [0.15, 0.2) is 57.6 Å². The zero-order valence-electron chi connectivity index (χ0n) is 18.8. The lowest BCUT2D eigenvalue weighted by molar-refractivity contribution is -0.137. The van der Waals surface area contributed by atoms with Crippen molar-refractivity contribution in [3.05, 3.63) is 65.7 Å². The second-order valence-electron chi connectivity index (χ2n) is 8.43. The second-order valence-corrected chi connectivity index (χ2v) is 8.43. The number of benzene rings is 2. The highest BCUT2D eigenvalue weighted by atomic mass is 19.4. The van der Waals surface area contributed by atoms with Crippen molar-refractivity contribution in [1.82, 2.24) is 25.1 Å². The number of hydrogen-bond donors (Lipinski definition) is 0. The number of piperazine rings is 1. The fourth-order valence-electron chi connectivity index (χ4n) is 4.19. The van der Waals surface area contributed by atoms with Crippen LogP contribution in [0.2, 0.25) is 0 Å². The predicted octanol–water partition coefficient (Wildman–Crippen LogP) is 4.34. The standard InChI is InChI=1S/C24H22F3N5O3/c1-15(23-28-22(30-35-23)16-5-4-6-17(13-16)24(25,26)27)31-9-11-32(12-10-31)21(33)14-19-18-7-2-3-8-20(18)34-29-19/h2-8,13,15H,9-12,14H2,1H3/t15-/m0/s1. The Hall–Kier alpha value is -3.73. The molecule has 3 heterocycles. The molecule has 1 aliphatic rings. The number of hydrogen-bond acceptors (Lipinski definition) is 7. The van der Waals surface area contributed by atoms with Gasteiger partial charge in [-0.15, -0.1) is 0 Å². The second kappa shape index (κ2) is 9.14. The quantitative estimate of drug-likeness (QED) is 0.415. The molecule has 8 nitrogen and oxygen atoms in total. The van der Waals surface area contributed by atoms with Gasteiger partial charge in [0, 0.05) is 37.1 Å². The van der Waals surface area contributed by atoms with E-state index in [0.29, 0.717) is 43.3 Å². The van der Waals surface area contributed by atoms with Crippen LogP contribution >= 0.6 is 0 Å². The monoisotopic (exact) mass is 485 g/mol. The summed E-state index contributed by atoms with van der Waals surface area (Å²) in [7, 11) is 0. The SMILES string of the molecule is C[C@@H](c1nc(-c2cccc(C(F)(F)F)c2)no1)N1CCN(C(=O)Cc2noc3ccccc23)CC1. The Labute approximate surface area is 198 Å². The molecule has 35 heavy (non-hydrogen) atoms. The Bertz CT molecular complexity index is 1340. The Kier molecular flexibility index (Phi) is 6.01. The van der Waals surface area contributed by atoms with Gasteiger partial charge in [0.1, 0.15) is 5.69 Å². The summed E-state index contributed by atoms with van der Waals surface area (Å²) in [5, 5.41) is 8.75. The third-order valence-corrected chi connectivity index (χ3v) is 6.23. The highest BCUT2D eigenvalue weighted by Gasteiger charge is 2.31. The molecule has 11 heteroatoms. The maximum absolute atomic E-state index is 13.0. The van der Waals surface area contributed by atoms with Gasteiger partial charge < -0.3 is 13.9 Å². The molecule has 1 aliphatic heterocycles. The molecule has 1 amide bonds. The predicted molar refractivity (Wildman–Crippen MR) is 119 cm³/mol. The summed E-state index contributed by atoms with van der Waals surface area (Å²) in [5.41, 5.74) is 0.735. The van der Waals surface area contributed by atoms with Gasteiger partial charge in [-0.3, -0.25) is 9.69 Å². The molecule has 2 aromatic carbocycles. The van der Waals surface area contributed by atoms with Gasteiger partial charge in [-0.2, -0.15) is 18.2 Å². The summed E-state index contributed by atoms with van der Waals surface area (Å²) in [6.45, 7) is 4.12. The van der Waals surface area contributed by atoms with Crippen molar-refractivity contribution in [1.29, 1.82) is 0 Å². The number of carbonyl (C=O) groups is 1. The molecule has 0 aliphatic carbocycles. The number of rotatable bonds is 5. The van der Waals surface area contributed by atoms with Crippen molar-refractivity contribution in [2.45, 2.75) is 25.6 Å². The van der Waals surface area contributed by atoms with Gasteiger partial charge in [0.15, 0.2) is 5.58 Å². The number of nitrogens with zero attached hydrogens (tertiary/aromatic N) is 5. The van der Waals surface area contributed by atoms with E-state index in [0.717, 1.165) is 17.5 Å². The molecule has 1 fully saturated rings. The van der Waals surface area contributed by atoms with Crippen molar-refractivity contribution in [2.24, 2.45) is 0 Å². The van der Waals surface area contributed by atoms with Crippen LogP contribution in [0, 0.1) is 0 Å². The van der Waals surface area contributed by atoms with Gasteiger partial charge >= 0.3 is 6.18 Å². The largest absolute Gasteiger partial charge is 0.416 e. The fraction of sp³-hybridized carbons (Fsp3) is 0.333. The molecule has 2 aromatic heterocycles. The zero-order chi connectivity index (χ0) is 24.6. The average molecular weight is 485 g/mol. The van der Waals surface area contributed by atoms with Gasteiger partial charge in [-0.25, -0.2) is 0 Å². The molecule has 0 saturated carbocycles. The first-order valence-electron chi connectivity index (χ1n) is 11.2. The fourth-order valence-corrected chi connectivity index (χ4v) is 4.19. The summed E-state index contributed by atoms with van der Waals surface area (Å²) in [6, 6.07) is 12.0. The topological polar surface area (TPSA) is 88.5 Å². The van der Waals surface area contributed by atoms with E-state index in [2.05, 4.69) is 20.2 Å². The minimum absolute atomic E-state index is 0.0269. The van der Waals surface area contributed by atoms with Crippen LogP contribution in [0.25, 0.3) is 22.4 Å². The van der Waals surface area contributed by atoms with E-state index in [9.17, 15) is 18.0 Å². The van der Waals surface area contributed by atoms with E-state index < -0.39 is 11.7 Å².